The van der Waals surface area contributed by atoms with E-state index in [0.717, 1.165) is 39.9 Å². The maximum Gasteiger partial charge on any atom is 0.435 e. The average molecular weight is 803 g/mol. The third kappa shape index (κ3) is 7.86. The minimum absolute atomic E-state index is 0.0110. The topological polar surface area (TPSA) is 146 Å². The van der Waals surface area contributed by atoms with Crippen LogP contribution in [-0.4, -0.2) is 49.7 Å². The number of aryl methyl sites for hydroxylation is 1. The fraction of sp³-hybridized carbons (Fsp3) is 0.219. The molecule has 0 unspecified atom stereocenters. The molecule has 0 aliphatic heterocycles. The van der Waals surface area contributed by atoms with Crippen LogP contribution in [-0.2, 0) is 47.2 Å². The zero-order chi connectivity index (χ0) is 39.5. The number of halogens is 9. The lowest BCUT2D eigenvalue weighted by atomic mass is 10.0. The Morgan fingerprint density at radius 1 is 0.944 bits per heavy atom. The van der Waals surface area contributed by atoms with Crippen molar-refractivity contribution in [3.05, 3.63) is 110 Å². The molecular formula is C32H23ClF8N8O4S. The third-order valence-corrected chi connectivity index (χ3v) is 8.79. The van der Waals surface area contributed by atoms with Crippen molar-refractivity contribution < 1.29 is 48.3 Å². The van der Waals surface area contributed by atoms with Crippen molar-refractivity contribution in [2.75, 3.05) is 11.0 Å². The molecule has 3 heterocycles. The lowest BCUT2D eigenvalue weighted by Gasteiger charge is -2.24. The van der Waals surface area contributed by atoms with Crippen LogP contribution in [0.25, 0.3) is 27.5 Å². The number of alkyl halides is 6. The van der Waals surface area contributed by atoms with Crippen LogP contribution in [0, 0.1) is 11.6 Å². The number of anilines is 1. The van der Waals surface area contributed by atoms with E-state index in [1.165, 1.54) is 19.2 Å². The lowest BCUT2D eigenvalue weighted by molar-refractivity contribution is -0.142. The van der Waals surface area contributed by atoms with E-state index >= 15 is 0 Å². The van der Waals surface area contributed by atoms with Crippen LogP contribution in [0.1, 0.15) is 28.7 Å². The van der Waals surface area contributed by atoms with Gasteiger partial charge in [-0.15, -0.1) is 0 Å². The molecule has 0 aliphatic carbocycles. The zero-order valence-corrected chi connectivity index (χ0v) is 29.0. The predicted octanol–water partition coefficient (Wildman–Crippen LogP) is 5.91. The minimum atomic E-state index is -4.89. The van der Waals surface area contributed by atoms with Crippen LogP contribution in [0.2, 0.25) is 5.02 Å². The van der Waals surface area contributed by atoms with Gasteiger partial charge in [0, 0.05) is 25.7 Å². The summed E-state index contributed by atoms with van der Waals surface area (Å²) in [5, 5.41) is 9.52. The molecule has 54 heavy (non-hydrogen) atoms. The molecular weight excluding hydrogens is 780 g/mol. The number of fused-ring (bicyclic) bond motifs is 2. The first-order chi connectivity index (χ1) is 25.1. The lowest BCUT2D eigenvalue weighted by Crippen LogP contribution is -2.37. The summed E-state index contributed by atoms with van der Waals surface area (Å²) in [5.41, 5.74) is -4.33. The van der Waals surface area contributed by atoms with Crippen LogP contribution in [0.3, 0.4) is 0 Å². The van der Waals surface area contributed by atoms with Crippen molar-refractivity contribution in [3.8, 4) is 5.69 Å². The summed E-state index contributed by atoms with van der Waals surface area (Å²) in [6.07, 6.45) is -8.62. The maximum atomic E-state index is 14.4. The van der Waals surface area contributed by atoms with Crippen LogP contribution >= 0.6 is 11.6 Å². The molecule has 284 valence electrons. The SMILES string of the molecule is Cn1nc(NS(C)(=O)=O)c2c(Cl)ccc(-n3c([C@H](Cc4cc(F)cc(F)c4)NC(=O)Cn4ccc(C(F)(F)F)n4)nc4cc(C(F)(F)F)ccc4c3=O)c21. The number of nitrogens with zero attached hydrogens (tertiary/aromatic N) is 6. The number of hydrogen-bond donors (Lipinski definition) is 2. The number of aromatic nitrogens is 6. The first-order valence-corrected chi connectivity index (χ1v) is 17.5. The second-order valence-corrected chi connectivity index (χ2v) is 14.1. The number of amides is 1. The molecule has 22 heteroatoms. The van der Waals surface area contributed by atoms with Crippen LogP contribution in [0.15, 0.2) is 65.6 Å². The Kier molecular flexibility index (Phi) is 9.67. The summed E-state index contributed by atoms with van der Waals surface area (Å²) in [4.78, 5) is 32.3. The van der Waals surface area contributed by atoms with E-state index in [4.69, 9.17) is 11.6 Å². The Morgan fingerprint density at radius 2 is 1.63 bits per heavy atom. The highest BCUT2D eigenvalue weighted by Gasteiger charge is 2.35. The minimum Gasteiger partial charge on any atom is -0.344 e. The van der Waals surface area contributed by atoms with Crippen LogP contribution in [0.4, 0.5) is 40.9 Å². The fourth-order valence-corrected chi connectivity index (χ4v) is 6.53. The molecule has 0 saturated heterocycles. The number of benzene rings is 3. The third-order valence-electron chi connectivity index (χ3n) is 7.91. The number of sulfonamides is 1. The molecule has 1 amide bonds. The molecule has 12 nitrogen and oxygen atoms in total. The maximum absolute atomic E-state index is 14.4. The summed E-state index contributed by atoms with van der Waals surface area (Å²) < 4.78 is 139. The molecule has 0 saturated carbocycles. The molecule has 3 aromatic heterocycles. The van der Waals surface area contributed by atoms with E-state index in [0.29, 0.717) is 28.9 Å². The van der Waals surface area contributed by atoms with Gasteiger partial charge in [-0.25, -0.2) is 22.2 Å². The molecule has 0 aliphatic rings. The number of carbonyl (C=O) groups is 1. The van der Waals surface area contributed by atoms with Gasteiger partial charge >= 0.3 is 12.4 Å². The van der Waals surface area contributed by atoms with Gasteiger partial charge in [0.2, 0.25) is 15.9 Å². The van der Waals surface area contributed by atoms with Crippen molar-refractivity contribution in [2.24, 2.45) is 7.05 Å². The Morgan fingerprint density at radius 3 is 2.24 bits per heavy atom. The summed E-state index contributed by atoms with van der Waals surface area (Å²) >= 11 is 6.47. The Hall–Kier alpha value is -5.57. The van der Waals surface area contributed by atoms with Gasteiger partial charge in [0.05, 0.1) is 50.4 Å². The van der Waals surface area contributed by atoms with E-state index in [1.807, 2.05) is 0 Å². The van der Waals surface area contributed by atoms with Crippen molar-refractivity contribution in [1.82, 2.24) is 34.4 Å². The van der Waals surface area contributed by atoms with Gasteiger partial charge in [-0.05, 0) is 54.1 Å². The largest absolute Gasteiger partial charge is 0.435 e. The van der Waals surface area contributed by atoms with E-state index < -0.39 is 87.1 Å². The summed E-state index contributed by atoms with van der Waals surface area (Å²) in [6, 6.07) is 5.88. The first kappa shape index (κ1) is 38.2. The smallest absolute Gasteiger partial charge is 0.344 e. The molecule has 6 aromatic rings. The second-order valence-electron chi connectivity index (χ2n) is 12.0. The molecule has 1 atom stereocenters. The van der Waals surface area contributed by atoms with Crippen molar-refractivity contribution >= 4 is 55.2 Å². The predicted molar refractivity (Wildman–Crippen MR) is 178 cm³/mol. The molecule has 0 fully saturated rings. The second kappa shape index (κ2) is 13.7. The van der Waals surface area contributed by atoms with Crippen molar-refractivity contribution in [1.29, 1.82) is 0 Å². The fourth-order valence-electron chi connectivity index (χ4n) is 5.79. The Bertz CT molecular complexity index is 2620. The summed E-state index contributed by atoms with van der Waals surface area (Å²) in [7, 11) is -2.59. The standard InChI is InChI=1S/C32H23ClF8N8O4S/c1-47-27-23(6-5-20(33)26(27)28(45-47)46-54(2,52)53)49-29(43-21-12-16(31(36,37)38)3-4-19(21)30(49)51)22(11-15-9-17(34)13-18(35)10-15)42-25(50)14-48-8-7-24(44-48)32(39,40)41/h3-10,12-13,22H,11,14H2,1-2H3,(H,42,50)(H,45,46)/t22-/m0/s1. The number of nitrogens with one attached hydrogen (secondary N) is 2. The Labute approximate surface area is 303 Å². The van der Waals surface area contributed by atoms with E-state index in [1.54, 1.807) is 0 Å². The van der Waals surface area contributed by atoms with E-state index in [2.05, 4.69) is 25.2 Å². The molecule has 0 radical (unpaired) electrons. The molecule has 6 rings (SSSR count). The van der Waals surface area contributed by atoms with E-state index in [9.17, 15) is 53.1 Å². The van der Waals surface area contributed by atoms with Gasteiger partial charge in [-0.1, -0.05) is 11.6 Å². The zero-order valence-electron chi connectivity index (χ0n) is 27.4. The number of carbonyl (C=O) groups excluding carboxylic acids is 1. The number of hydrogen-bond acceptors (Lipinski definition) is 7. The quantitative estimate of drug-likeness (QED) is 0.173. The molecule has 2 N–H and O–H groups in total. The number of rotatable bonds is 9. The monoisotopic (exact) mass is 802 g/mol. The van der Waals surface area contributed by atoms with Gasteiger partial charge < -0.3 is 5.32 Å². The van der Waals surface area contributed by atoms with Gasteiger partial charge in [0.15, 0.2) is 11.5 Å². The van der Waals surface area contributed by atoms with Gasteiger partial charge in [0.25, 0.3) is 5.56 Å². The van der Waals surface area contributed by atoms with E-state index in [-0.39, 0.29) is 38.4 Å². The van der Waals surface area contributed by atoms with Gasteiger partial charge in [0.1, 0.15) is 24.0 Å². The molecule has 0 spiro atoms. The highest BCUT2D eigenvalue weighted by atomic mass is 35.5. The Balaban J connectivity index is 1.62. The summed E-state index contributed by atoms with van der Waals surface area (Å²) in [6.45, 7) is -0.854. The van der Waals surface area contributed by atoms with Gasteiger partial charge in [-0.2, -0.15) is 36.5 Å². The highest BCUT2D eigenvalue weighted by Crippen LogP contribution is 2.36. The highest BCUT2D eigenvalue weighted by molar-refractivity contribution is 7.92. The summed E-state index contributed by atoms with van der Waals surface area (Å²) in [5.74, 6) is -3.93. The molecule has 3 aromatic carbocycles. The average Bonchev–Trinajstić information content (AvgIpc) is 3.64. The molecule has 0 bridgehead atoms. The normalized spacial score (nSPS) is 13.1. The van der Waals surface area contributed by atoms with Gasteiger partial charge in [-0.3, -0.25) is 28.2 Å². The van der Waals surface area contributed by atoms with Crippen molar-refractivity contribution in [3.63, 3.8) is 0 Å². The van der Waals surface area contributed by atoms with Crippen molar-refractivity contribution in [2.45, 2.75) is 31.4 Å². The van der Waals surface area contributed by atoms with Crippen LogP contribution in [0.5, 0.6) is 0 Å². The van der Waals surface area contributed by atoms with Crippen LogP contribution < -0.4 is 15.6 Å². The first-order valence-electron chi connectivity index (χ1n) is 15.2.